The molecule has 13 nitrogen and oxygen atoms in total. The van der Waals surface area contributed by atoms with Gasteiger partial charge < -0.3 is 43.0 Å². The topological polar surface area (TPSA) is 210 Å². The number of aromatic nitrogens is 3. The van der Waals surface area contributed by atoms with Gasteiger partial charge in [-0.15, -0.1) is 0 Å². The number of pyridine rings is 2. The maximum atomic E-state index is 14.6. The number of aromatic amines is 1. The van der Waals surface area contributed by atoms with Crippen molar-refractivity contribution in [3.05, 3.63) is 101 Å². The highest BCUT2D eigenvalue weighted by Gasteiger charge is 2.34. The van der Waals surface area contributed by atoms with Crippen LogP contribution in [0.1, 0.15) is 48.8 Å². The minimum Gasteiger partial charge on any atom is -0.384 e. The third-order valence-electron chi connectivity index (χ3n) is 10.1. The molecule has 0 aliphatic carbocycles. The van der Waals surface area contributed by atoms with Crippen molar-refractivity contribution in [2.24, 2.45) is 11.5 Å². The molecule has 6 rings (SSSR count). The molecule has 15 heteroatoms. The number of hydrogen-bond donors (Lipinski definition) is 7. The lowest BCUT2D eigenvalue weighted by Crippen LogP contribution is -2.57. The first-order valence-electron chi connectivity index (χ1n) is 18.9. The van der Waals surface area contributed by atoms with Crippen LogP contribution < -0.4 is 33.2 Å². The van der Waals surface area contributed by atoms with E-state index in [4.69, 9.17) is 33.8 Å². The summed E-state index contributed by atoms with van der Waals surface area (Å²) in [5.41, 5.74) is 22.8. The van der Waals surface area contributed by atoms with Gasteiger partial charge in [0, 0.05) is 60.9 Å². The van der Waals surface area contributed by atoms with Crippen molar-refractivity contribution < 1.29 is 14.4 Å². The van der Waals surface area contributed by atoms with Crippen LogP contribution in [0.3, 0.4) is 0 Å². The van der Waals surface area contributed by atoms with Crippen LogP contribution in [0.4, 0.5) is 5.82 Å². The number of rotatable bonds is 10. The zero-order valence-corrected chi connectivity index (χ0v) is 33.0. The highest BCUT2D eigenvalue weighted by molar-refractivity contribution is 7.99. The summed E-state index contributed by atoms with van der Waals surface area (Å²) in [5, 5.41) is 11.7. The molecule has 5 aromatic rings. The van der Waals surface area contributed by atoms with Gasteiger partial charge in [0.2, 0.25) is 17.7 Å². The number of hydrogen-bond acceptors (Lipinski definition) is 10. The summed E-state index contributed by atoms with van der Waals surface area (Å²) in [6.07, 6.45) is 8.12. The fourth-order valence-corrected chi connectivity index (χ4v) is 8.31. The van der Waals surface area contributed by atoms with Crippen molar-refractivity contribution in [2.45, 2.75) is 79.7 Å². The monoisotopic (exact) mass is 796 g/mol. The van der Waals surface area contributed by atoms with E-state index >= 15 is 0 Å². The number of H-pyrrole nitrogens is 1. The predicted molar refractivity (Wildman–Crippen MR) is 222 cm³/mol. The van der Waals surface area contributed by atoms with Crippen molar-refractivity contribution in [2.75, 3.05) is 25.9 Å². The zero-order chi connectivity index (χ0) is 39.6. The number of nitrogens with zero attached hydrogens (tertiary/aromatic N) is 3. The van der Waals surface area contributed by atoms with Crippen molar-refractivity contribution in [1.82, 2.24) is 35.8 Å². The number of carbonyl (C=O) groups is 3. The number of likely N-dealkylation sites (N-methyl/N-ethyl adjacent to an activating group) is 1. The Morgan fingerprint density at radius 1 is 0.857 bits per heavy atom. The van der Waals surface area contributed by atoms with Crippen molar-refractivity contribution in [3.8, 4) is 11.1 Å². The van der Waals surface area contributed by atoms with E-state index in [1.54, 1.807) is 25.5 Å². The predicted octanol–water partition coefficient (Wildman–Crippen LogP) is 4.52. The molecule has 0 radical (unpaired) electrons. The highest BCUT2D eigenvalue weighted by atomic mass is 35.5. The normalized spacial score (nSPS) is 18.5. The number of nitrogens with one attached hydrogen (secondary N) is 4. The van der Waals surface area contributed by atoms with Gasteiger partial charge in [0.05, 0.1) is 11.1 Å². The number of benzene rings is 2. The number of halogens is 1. The van der Waals surface area contributed by atoms with Gasteiger partial charge in [-0.2, -0.15) is 0 Å². The van der Waals surface area contributed by atoms with Gasteiger partial charge in [-0.3, -0.25) is 14.4 Å². The number of nitrogen functional groups attached to an aromatic ring is 1. The molecule has 1 aliphatic rings. The van der Waals surface area contributed by atoms with Crippen LogP contribution in [0.5, 0.6) is 0 Å². The second-order valence-corrected chi connectivity index (χ2v) is 15.3. The average molecular weight is 797 g/mol. The maximum absolute atomic E-state index is 14.6. The summed E-state index contributed by atoms with van der Waals surface area (Å²) < 4.78 is 0. The van der Waals surface area contributed by atoms with Crippen LogP contribution >= 0.6 is 23.4 Å². The first kappa shape index (κ1) is 40.7. The summed E-state index contributed by atoms with van der Waals surface area (Å²) in [6, 6.07) is 16.6. The first-order chi connectivity index (χ1) is 27.2. The SMILES string of the molecule is CN1C(=O)C(CCCCN)NC(=O)C(CCCN)NCc2cccnc2Sc2c(Cl)cc(-c3ccnc(N)c3)cc2CNC(=O)C1Cc1c[nH]c2ccccc12. The molecule has 56 heavy (non-hydrogen) atoms. The molecule has 0 spiro atoms. The highest BCUT2D eigenvalue weighted by Crippen LogP contribution is 2.40. The van der Waals surface area contributed by atoms with Crippen LogP contribution in [-0.4, -0.2) is 75.8 Å². The Labute approximate surface area is 335 Å². The fraction of sp³-hybridized carbons (Fsp3) is 0.341. The van der Waals surface area contributed by atoms with Gasteiger partial charge >= 0.3 is 0 Å². The zero-order valence-electron chi connectivity index (χ0n) is 31.4. The van der Waals surface area contributed by atoms with E-state index in [0.29, 0.717) is 72.5 Å². The van der Waals surface area contributed by atoms with Crippen LogP contribution in [0.25, 0.3) is 22.0 Å². The Kier molecular flexibility index (Phi) is 14.0. The molecule has 10 N–H and O–H groups in total. The molecule has 0 fully saturated rings. The molecule has 4 heterocycles. The van der Waals surface area contributed by atoms with Crippen LogP contribution in [0.15, 0.2) is 89.2 Å². The quantitative estimate of drug-likeness (QED) is 0.0983. The lowest BCUT2D eigenvalue weighted by Gasteiger charge is -2.32. The van der Waals surface area contributed by atoms with Gasteiger partial charge in [-0.05, 0) is 109 Å². The minimum absolute atomic E-state index is 0.0972. The van der Waals surface area contributed by atoms with E-state index in [1.807, 2.05) is 60.8 Å². The standard InChI is InChI=1S/C41H49ClN10O3S/c1-52-35(20-28-23-48-32-10-3-2-9-30(28)32)39(54)50-24-29-18-27(25-13-17-46-36(45)21-25)19-31(42)37(29)56-40-26(8-7-16-47-40)22-49-33(12-6-15-44)38(53)51-34(41(52)55)11-4-5-14-43/h2-3,7-10,13,16-19,21,23,33-35,48-49H,4-6,11-12,14-15,20,22,24,43-44H2,1H3,(H2,45,46)(H,50,54)(H,51,53). The second kappa shape index (κ2) is 19.2. The van der Waals surface area contributed by atoms with E-state index in [0.717, 1.165) is 38.7 Å². The number of anilines is 1. The Balaban J connectivity index is 1.45. The number of amides is 3. The largest absolute Gasteiger partial charge is 0.384 e. The molecule has 3 amide bonds. The maximum Gasteiger partial charge on any atom is 0.245 e. The molecular formula is C41H49ClN10O3S. The van der Waals surface area contributed by atoms with E-state index in [2.05, 4.69) is 25.9 Å². The second-order valence-electron chi connectivity index (χ2n) is 13.9. The first-order valence-corrected chi connectivity index (χ1v) is 20.1. The molecule has 3 atom stereocenters. The molecule has 3 unspecified atom stereocenters. The third-order valence-corrected chi connectivity index (χ3v) is 11.7. The van der Waals surface area contributed by atoms with E-state index in [-0.39, 0.29) is 30.7 Å². The van der Waals surface area contributed by atoms with Gasteiger partial charge in [-0.1, -0.05) is 47.6 Å². The summed E-state index contributed by atoms with van der Waals surface area (Å²) in [7, 11) is 1.62. The Bertz CT molecular complexity index is 2160. The number of para-hydroxylation sites is 1. The van der Waals surface area contributed by atoms with Crippen molar-refractivity contribution >= 4 is 57.8 Å². The van der Waals surface area contributed by atoms with Crippen molar-refractivity contribution in [3.63, 3.8) is 0 Å². The molecule has 294 valence electrons. The van der Waals surface area contributed by atoms with Gasteiger partial charge in [0.25, 0.3) is 0 Å². The lowest BCUT2D eigenvalue weighted by molar-refractivity contribution is -0.142. The minimum atomic E-state index is -0.936. The molecule has 0 saturated heterocycles. The smallest absolute Gasteiger partial charge is 0.245 e. The van der Waals surface area contributed by atoms with Crippen molar-refractivity contribution in [1.29, 1.82) is 0 Å². The fourth-order valence-electron chi connectivity index (χ4n) is 6.96. The molecule has 0 bridgehead atoms. The van der Waals surface area contributed by atoms with E-state index in [9.17, 15) is 14.4 Å². The molecule has 0 saturated carbocycles. The number of nitrogens with two attached hydrogens (primary N) is 3. The Morgan fingerprint density at radius 2 is 1.66 bits per heavy atom. The summed E-state index contributed by atoms with van der Waals surface area (Å²) in [5.74, 6) is -0.699. The molecule has 3 aromatic heterocycles. The summed E-state index contributed by atoms with van der Waals surface area (Å²) >= 11 is 8.48. The number of carbonyl (C=O) groups excluding carboxylic acids is 3. The Hall–Kier alpha value is -4.99. The van der Waals surface area contributed by atoms with E-state index < -0.39 is 18.1 Å². The summed E-state index contributed by atoms with van der Waals surface area (Å²) in [6.45, 7) is 1.26. The molecular weight excluding hydrogens is 748 g/mol. The van der Waals surface area contributed by atoms with Gasteiger partial charge in [-0.25, -0.2) is 9.97 Å². The lowest BCUT2D eigenvalue weighted by atomic mass is 10.0. The third kappa shape index (κ3) is 9.87. The summed E-state index contributed by atoms with van der Waals surface area (Å²) in [4.78, 5) is 57.5. The van der Waals surface area contributed by atoms with Crippen LogP contribution in [0.2, 0.25) is 5.02 Å². The number of fused-ring (bicyclic) bond motifs is 3. The van der Waals surface area contributed by atoms with Crippen LogP contribution in [-0.2, 0) is 33.9 Å². The van der Waals surface area contributed by atoms with Gasteiger partial charge in [0.15, 0.2) is 0 Å². The molecule has 2 aromatic carbocycles. The Morgan fingerprint density at radius 3 is 2.46 bits per heavy atom. The number of unbranched alkanes of at least 4 members (excludes halogenated alkanes) is 1. The van der Waals surface area contributed by atoms with Gasteiger partial charge in [0.1, 0.15) is 22.9 Å². The average Bonchev–Trinajstić information content (AvgIpc) is 3.61. The van der Waals surface area contributed by atoms with Crippen LogP contribution in [0, 0.1) is 0 Å². The molecule has 1 aliphatic heterocycles. The van der Waals surface area contributed by atoms with E-state index in [1.165, 1.54) is 16.7 Å².